The van der Waals surface area contributed by atoms with Crippen molar-refractivity contribution in [2.45, 2.75) is 213 Å². The number of benzene rings is 3. The number of carbonyl (C=O) groups excluding carboxylic acids is 12. The molecule has 1 aliphatic rings. The molecule has 0 spiro atoms. The molecule has 0 bridgehead atoms. The summed E-state index contributed by atoms with van der Waals surface area (Å²) >= 11 is 0. The van der Waals surface area contributed by atoms with Gasteiger partial charge in [-0.1, -0.05) is 214 Å². The average molecular weight is 1430 g/mol. The highest BCUT2D eigenvalue weighted by Crippen LogP contribution is 2.20. The van der Waals surface area contributed by atoms with Crippen molar-refractivity contribution in [1.82, 2.24) is 56.1 Å². The van der Waals surface area contributed by atoms with Crippen LogP contribution in [0.1, 0.15) is 180 Å². The van der Waals surface area contributed by atoms with Gasteiger partial charge in [0.15, 0.2) is 0 Å². The Morgan fingerprint density at radius 1 is 0.510 bits per heavy atom. The van der Waals surface area contributed by atoms with Crippen molar-refractivity contribution in [1.29, 1.82) is 0 Å². The summed E-state index contributed by atoms with van der Waals surface area (Å²) in [4.78, 5) is 129. The Morgan fingerprint density at radius 2 is 0.810 bits per heavy atom. The number of hydrogen-bond acceptors (Lipinski definition) is 20. The number of amides is 5. The third-order valence-corrected chi connectivity index (χ3v) is 12.2. The van der Waals surface area contributed by atoms with Gasteiger partial charge in [0.1, 0.15) is 71.7 Å². The molecule has 25 heteroatoms. The van der Waals surface area contributed by atoms with E-state index in [-0.39, 0.29) is 79.3 Å². The highest BCUT2D eigenvalue weighted by molar-refractivity contribution is 5.95. The number of nitrogens with zero attached hydrogens (tertiary/aromatic N) is 3. The Labute approximate surface area is 608 Å². The van der Waals surface area contributed by atoms with E-state index in [0.29, 0.717) is 31.8 Å². The standard InChI is InChI=1S/C39H57N5O5.C8H10.C5H12.C5H10.C4H10.C3H8O.C2H6.2CH5N.7CH2O.5H3N/c1-8-28(4)35(39(49)44-22-16-11-17-23-44)41-37(47)33(24-27(2)3)43(7)38(48)32(25-30-18-12-9-13-19-30)40-36(46)34(42(6)29(5)45)26-31-20-14-10-15-21-31;1-2-8-6-4-3-5-7-8;2*1-4-5(2)3;1-4(2)3;1-3(2)4;10*1-2;;;;;/h9-10,12-15,18-21,27-28,32-35H,8,11,16-17,22-26H2,1-7H3,(H,40,46)(H,41,47);3-7H,2H2,1H3;5H,4H2,1-3H3;4-5H,1H2,2-3H3;4H,1-3H3;3-4H,1-2H3;1-2H3;2*2H2,1H3;7*1H2;5*1H3/t28-,32-,33-,34-,35-;;;;;;;;;;;;;;;;;;;;/m0..................../s1. The maximum atomic E-state index is 14.4. The maximum Gasteiger partial charge on any atom is 0.245 e. The molecule has 3 aromatic rings. The molecule has 1 aliphatic heterocycles. The van der Waals surface area contributed by atoms with E-state index in [1.54, 1.807) is 27.9 Å². The zero-order chi connectivity index (χ0) is 77.6. The van der Waals surface area contributed by atoms with Gasteiger partial charge in [-0.05, 0) is 106 Å². The first-order valence-corrected chi connectivity index (χ1v) is 32.3. The molecule has 590 valence electrons. The minimum Gasteiger partial charge on any atom is -0.394 e. The Kier molecular flexibility index (Phi) is 142. The lowest BCUT2D eigenvalue weighted by Gasteiger charge is -2.36. The van der Waals surface area contributed by atoms with Crippen molar-refractivity contribution >= 4 is 77.1 Å². The second-order valence-electron chi connectivity index (χ2n) is 21.9. The van der Waals surface area contributed by atoms with Gasteiger partial charge < -0.3 is 106 Å². The number of rotatable bonds is 19. The van der Waals surface area contributed by atoms with E-state index < -0.39 is 36.0 Å². The fourth-order valence-corrected chi connectivity index (χ4v) is 7.02. The van der Waals surface area contributed by atoms with Gasteiger partial charge in [0.2, 0.25) is 29.5 Å². The van der Waals surface area contributed by atoms with Gasteiger partial charge in [0, 0.05) is 53.1 Å². The van der Waals surface area contributed by atoms with E-state index in [4.69, 9.17) is 38.7 Å². The summed E-state index contributed by atoms with van der Waals surface area (Å²) in [6, 6.07) is 25.8. The number of likely N-dealkylation sites (tertiary alicyclic amines) is 1. The van der Waals surface area contributed by atoms with Crippen molar-refractivity contribution < 1.29 is 62.6 Å². The van der Waals surface area contributed by atoms with Crippen molar-refractivity contribution in [2.75, 3.05) is 41.3 Å². The molecule has 0 aliphatic carbocycles. The average Bonchev–Trinajstić information content (AvgIpc) is 0.829. The van der Waals surface area contributed by atoms with Crippen LogP contribution >= 0.6 is 0 Å². The van der Waals surface area contributed by atoms with E-state index in [1.165, 1.54) is 42.8 Å². The van der Waals surface area contributed by atoms with Crippen LogP contribution in [0.2, 0.25) is 0 Å². The molecule has 22 N–H and O–H groups in total. The van der Waals surface area contributed by atoms with Crippen LogP contribution in [0.3, 0.4) is 0 Å². The molecule has 25 nitrogen and oxygen atoms in total. The summed E-state index contributed by atoms with van der Waals surface area (Å²) in [6.07, 6.45) is 8.72. The highest BCUT2D eigenvalue weighted by atomic mass is 16.3. The molecule has 5 amide bonds. The second kappa shape index (κ2) is 105. The Balaban J connectivity index is -0.0000000739. The number of aliphatic hydroxyl groups excluding tert-OH is 1. The van der Waals surface area contributed by atoms with Crippen LogP contribution in [0, 0.1) is 29.6 Å². The van der Waals surface area contributed by atoms with Gasteiger partial charge in [-0.25, -0.2) is 0 Å². The highest BCUT2D eigenvalue weighted by Gasteiger charge is 2.38. The molecular formula is C75H152N12O13. The number of aryl methyl sites for hydroxylation is 1. The molecule has 0 saturated carbocycles. The van der Waals surface area contributed by atoms with Crippen LogP contribution in [-0.4, -0.2) is 168 Å². The summed E-state index contributed by atoms with van der Waals surface area (Å²) in [5.74, 6) is 0.711. The Bertz CT molecular complexity index is 2090. The SMILES string of the molecule is C=CC(C)C.C=O.C=O.C=O.C=O.C=O.C=O.C=O.CC.CC(C)C.CC(C)O.CCC(C)C.CC[C@H](C)[C@H](NC(=O)[C@H](CC(C)C)N(C)C(=O)[C@H](Cc1ccccc1)NC(=O)[C@H](Cc1ccccc1)N(C)C(C)=O)C(=O)N1CCCCC1.CCc1ccccc1.CN.CN.N.N.N.N.N. The fraction of sp³-hybridized carbons (Fsp3) is 0.573. The summed E-state index contributed by atoms with van der Waals surface area (Å²) < 4.78 is 0. The number of piperidine rings is 1. The predicted octanol–water partition coefficient (Wildman–Crippen LogP) is 12.1. The van der Waals surface area contributed by atoms with Crippen molar-refractivity contribution in [3.05, 3.63) is 120 Å². The lowest BCUT2D eigenvalue weighted by molar-refractivity contribution is -0.145. The molecule has 0 unspecified atom stereocenters. The number of hydrogen-bond donors (Lipinski definition) is 10. The van der Waals surface area contributed by atoms with Gasteiger partial charge >= 0.3 is 0 Å². The molecule has 1 saturated heterocycles. The van der Waals surface area contributed by atoms with Crippen LogP contribution in [0.5, 0.6) is 0 Å². The normalized spacial score (nSPS) is 10.7. The summed E-state index contributed by atoms with van der Waals surface area (Å²) in [5, 5.41) is 14.1. The minimum absolute atomic E-state index is 0. The van der Waals surface area contributed by atoms with Gasteiger partial charge in [0.25, 0.3) is 0 Å². The van der Waals surface area contributed by atoms with Crippen molar-refractivity contribution in [3.8, 4) is 0 Å². The lowest BCUT2D eigenvalue weighted by atomic mass is 9.95. The molecular weight excluding hydrogens is 1280 g/mol. The molecule has 0 radical (unpaired) electrons. The van der Waals surface area contributed by atoms with Crippen molar-refractivity contribution in [2.24, 2.45) is 41.1 Å². The predicted molar refractivity (Wildman–Crippen MR) is 423 cm³/mol. The summed E-state index contributed by atoms with van der Waals surface area (Å²) in [6.45, 7) is 55.2. The summed E-state index contributed by atoms with van der Waals surface area (Å²) in [5.41, 5.74) is 12.1. The fourth-order valence-electron chi connectivity index (χ4n) is 7.02. The number of allylic oxidation sites excluding steroid dienone is 1. The molecule has 0 aromatic heterocycles. The van der Waals surface area contributed by atoms with Crippen LogP contribution in [-0.2, 0) is 76.8 Å². The first kappa shape index (κ1) is 136. The summed E-state index contributed by atoms with van der Waals surface area (Å²) in [7, 11) is 6.17. The van der Waals surface area contributed by atoms with Crippen LogP contribution in [0.4, 0.5) is 0 Å². The quantitative estimate of drug-likeness (QED) is 0.0498. The van der Waals surface area contributed by atoms with Gasteiger partial charge in [-0.15, -0.1) is 6.58 Å². The number of likely N-dealkylation sites (N-methyl/N-ethyl adjacent to an activating group) is 2. The van der Waals surface area contributed by atoms with E-state index in [2.05, 4.69) is 115 Å². The third-order valence-electron chi connectivity index (χ3n) is 12.2. The van der Waals surface area contributed by atoms with Crippen LogP contribution in [0.25, 0.3) is 0 Å². The largest absolute Gasteiger partial charge is 0.394 e. The number of nitrogens with one attached hydrogen (secondary N) is 2. The smallest absolute Gasteiger partial charge is 0.245 e. The number of carbonyl (C=O) groups is 12. The maximum absolute atomic E-state index is 14.4. The first-order chi connectivity index (χ1) is 45.3. The zero-order valence-electron chi connectivity index (χ0n) is 66.8. The molecule has 1 fully saturated rings. The topological polar surface area (TPSA) is 486 Å². The molecule has 4 rings (SSSR count). The van der Waals surface area contributed by atoms with Gasteiger partial charge in [-0.3, -0.25) is 24.0 Å². The zero-order valence-corrected chi connectivity index (χ0v) is 66.8. The molecule has 3 aromatic carbocycles. The Hall–Kier alpha value is -7.88. The molecule has 1 heterocycles. The van der Waals surface area contributed by atoms with E-state index in [0.717, 1.165) is 48.6 Å². The Morgan fingerprint density at radius 3 is 1.07 bits per heavy atom. The van der Waals surface area contributed by atoms with Crippen molar-refractivity contribution in [3.63, 3.8) is 0 Å². The first-order valence-electron chi connectivity index (χ1n) is 32.3. The van der Waals surface area contributed by atoms with Crippen LogP contribution in [0.15, 0.2) is 104 Å². The van der Waals surface area contributed by atoms with E-state index in [1.807, 2.05) is 167 Å². The molecule has 5 atom stereocenters. The second-order valence-corrected chi connectivity index (χ2v) is 21.9. The monoisotopic (exact) mass is 1430 g/mol. The number of nitrogens with two attached hydrogens (primary N) is 2. The van der Waals surface area contributed by atoms with Gasteiger partial charge in [-0.2, -0.15) is 0 Å². The lowest BCUT2D eigenvalue weighted by Crippen LogP contribution is -2.60. The van der Waals surface area contributed by atoms with Gasteiger partial charge in [0.05, 0.1) is 0 Å². The van der Waals surface area contributed by atoms with E-state index in [9.17, 15) is 24.0 Å². The van der Waals surface area contributed by atoms with Crippen LogP contribution < -0.4 is 52.9 Å². The minimum atomic E-state index is -1.01. The molecule has 100 heavy (non-hydrogen) atoms. The third kappa shape index (κ3) is 84.3. The van der Waals surface area contributed by atoms with E-state index >= 15 is 0 Å². The number of aliphatic hydroxyl groups is 1.